The molecule has 0 aliphatic carbocycles. The zero-order chi connectivity index (χ0) is 15.4. The van der Waals surface area contributed by atoms with E-state index in [0.717, 1.165) is 16.7 Å². The van der Waals surface area contributed by atoms with Crippen LogP contribution in [-0.2, 0) is 6.54 Å². The predicted octanol–water partition coefficient (Wildman–Crippen LogP) is 3.66. The average Bonchev–Trinajstić information content (AvgIpc) is 3.08. The molecule has 2 N–H and O–H groups in total. The van der Waals surface area contributed by atoms with Crippen LogP contribution >= 0.6 is 11.6 Å². The van der Waals surface area contributed by atoms with E-state index in [1.54, 1.807) is 6.20 Å². The van der Waals surface area contributed by atoms with Crippen molar-refractivity contribution in [1.82, 2.24) is 15.5 Å². The van der Waals surface area contributed by atoms with Crippen LogP contribution in [0.2, 0.25) is 5.02 Å². The van der Waals surface area contributed by atoms with Gasteiger partial charge in [-0.15, -0.1) is 0 Å². The molecule has 0 fully saturated rings. The lowest BCUT2D eigenvalue weighted by Gasteiger charge is -2.10. The Bertz CT molecular complexity index is 767. The Morgan fingerprint density at radius 2 is 1.91 bits per heavy atom. The molecule has 0 unspecified atom stereocenters. The predicted molar refractivity (Wildman–Crippen MR) is 86.6 cm³/mol. The van der Waals surface area contributed by atoms with Gasteiger partial charge in [0.15, 0.2) is 0 Å². The molecule has 5 heteroatoms. The topological polar surface area (TPSA) is 57.8 Å². The van der Waals surface area contributed by atoms with Crippen molar-refractivity contribution < 1.29 is 4.79 Å². The number of benzene rings is 2. The Kier molecular flexibility index (Phi) is 4.21. The molecule has 0 aliphatic heterocycles. The van der Waals surface area contributed by atoms with Crippen LogP contribution in [0, 0.1) is 0 Å². The highest BCUT2D eigenvalue weighted by atomic mass is 35.5. The van der Waals surface area contributed by atoms with Crippen LogP contribution in [0.5, 0.6) is 0 Å². The van der Waals surface area contributed by atoms with Crippen molar-refractivity contribution in [3.63, 3.8) is 0 Å². The SMILES string of the molecule is O=C(NCc1ccccc1-c1ccc(Cl)cc1)c1cn[nH]c1. The van der Waals surface area contributed by atoms with Gasteiger partial charge >= 0.3 is 0 Å². The molecule has 0 bridgehead atoms. The number of carbonyl (C=O) groups excluding carboxylic acids is 1. The Morgan fingerprint density at radius 1 is 1.14 bits per heavy atom. The van der Waals surface area contributed by atoms with E-state index < -0.39 is 0 Å². The molecule has 1 heterocycles. The lowest BCUT2D eigenvalue weighted by atomic mass is 10.00. The van der Waals surface area contributed by atoms with Gasteiger partial charge in [-0.2, -0.15) is 5.10 Å². The van der Waals surface area contributed by atoms with Crippen molar-refractivity contribution in [2.45, 2.75) is 6.54 Å². The van der Waals surface area contributed by atoms with Gasteiger partial charge in [0.2, 0.25) is 0 Å². The summed E-state index contributed by atoms with van der Waals surface area (Å²) in [7, 11) is 0. The summed E-state index contributed by atoms with van der Waals surface area (Å²) in [6.07, 6.45) is 3.07. The van der Waals surface area contributed by atoms with Crippen molar-refractivity contribution in [2.75, 3.05) is 0 Å². The maximum atomic E-state index is 12.0. The number of hydrogen-bond donors (Lipinski definition) is 2. The van der Waals surface area contributed by atoms with Crippen LogP contribution < -0.4 is 5.32 Å². The van der Waals surface area contributed by atoms with E-state index in [1.165, 1.54) is 6.20 Å². The molecule has 3 rings (SSSR count). The van der Waals surface area contributed by atoms with E-state index in [-0.39, 0.29) is 5.91 Å². The van der Waals surface area contributed by atoms with Gasteiger partial charge in [0, 0.05) is 17.8 Å². The maximum absolute atomic E-state index is 12.0. The summed E-state index contributed by atoms with van der Waals surface area (Å²) in [5.74, 6) is -0.153. The van der Waals surface area contributed by atoms with Crippen molar-refractivity contribution in [1.29, 1.82) is 0 Å². The van der Waals surface area contributed by atoms with Gasteiger partial charge < -0.3 is 5.32 Å². The molecule has 4 nitrogen and oxygen atoms in total. The zero-order valence-corrected chi connectivity index (χ0v) is 12.5. The van der Waals surface area contributed by atoms with Gasteiger partial charge in [-0.3, -0.25) is 9.89 Å². The molecule has 0 radical (unpaired) electrons. The Hall–Kier alpha value is -2.59. The number of nitrogens with zero attached hydrogens (tertiary/aromatic N) is 1. The third kappa shape index (κ3) is 3.18. The lowest BCUT2D eigenvalue weighted by molar-refractivity contribution is 0.0951. The van der Waals surface area contributed by atoms with Crippen LogP contribution in [0.15, 0.2) is 60.9 Å². The first-order chi connectivity index (χ1) is 10.7. The number of amides is 1. The molecular weight excluding hydrogens is 298 g/mol. The summed E-state index contributed by atoms with van der Waals surface area (Å²) in [4.78, 5) is 12.0. The van der Waals surface area contributed by atoms with E-state index in [4.69, 9.17) is 11.6 Å². The van der Waals surface area contributed by atoms with Crippen LogP contribution in [0.4, 0.5) is 0 Å². The fourth-order valence-corrected chi connectivity index (χ4v) is 2.36. The third-order valence-electron chi connectivity index (χ3n) is 3.37. The summed E-state index contributed by atoms with van der Waals surface area (Å²) in [5.41, 5.74) is 3.70. The first-order valence-corrected chi connectivity index (χ1v) is 7.22. The van der Waals surface area contributed by atoms with Crippen LogP contribution in [-0.4, -0.2) is 16.1 Å². The molecule has 1 aromatic heterocycles. The quantitative estimate of drug-likeness (QED) is 0.772. The molecule has 0 saturated heterocycles. The van der Waals surface area contributed by atoms with Gasteiger partial charge in [-0.25, -0.2) is 0 Å². The monoisotopic (exact) mass is 311 g/mol. The standard InChI is InChI=1S/C17H14ClN3O/c18-15-7-5-12(6-8-15)16-4-2-1-3-13(16)9-19-17(22)14-10-20-21-11-14/h1-8,10-11H,9H2,(H,19,22)(H,20,21). The van der Waals surface area contributed by atoms with Crippen LogP contribution in [0.1, 0.15) is 15.9 Å². The lowest BCUT2D eigenvalue weighted by Crippen LogP contribution is -2.22. The van der Waals surface area contributed by atoms with E-state index >= 15 is 0 Å². The summed E-state index contributed by atoms with van der Waals surface area (Å²) in [5, 5.41) is 10.0. The van der Waals surface area contributed by atoms with Gasteiger partial charge in [0.25, 0.3) is 5.91 Å². The average molecular weight is 312 g/mol. The van der Waals surface area contributed by atoms with Crippen molar-refractivity contribution in [2.24, 2.45) is 0 Å². The molecule has 22 heavy (non-hydrogen) atoms. The highest BCUT2D eigenvalue weighted by Crippen LogP contribution is 2.25. The van der Waals surface area contributed by atoms with E-state index in [1.807, 2.05) is 48.5 Å². The van der Waals surface area contributed by atoms with Crippen molar-refractivity contribution in [3.8, 4) is 11.1 Å². The normalized spacial score (nSPS) is 10.4. The Morgan fingerprint density at radius 3 is 2.64 bits per heavy atom. The van der Waals surface area contributed by atoms with Gasteiger partial charge in [-0.1, -0.05) is 48.0 Å². The molecule has 1 amide bonds. The molecule has 110 valence electrons. The van der Waals surface area contributed by atoms with Crippen LogP contribution in [0.25, 0.3) is 11.1 Å². The number of nitrogens with one attached hydrogen (secondary N) is 2. The van der Waals surface area contributed by atoms with Gasteiger partial charge in [0.05, 0.1) is 11.8 Å². The first-order valence-electron chi connectivity index (χ1n) is 6.85. The summed E-state index contributed by atoms with van der Waals surface area (Å²) < 4.78 is 0. The molecule has 0 atom stereocenters. The minimum absolute atomic E-state index is 0.153. The molecule has 3 aromatic rings. The first kappa shape index (κ1) is 14.4. The number of halogens is 1. The molecular formula is C17H14ClN3O. The van der Waals surface area contributed by atoms with E-state index in [2.05, 4.69) is 15.5 Å². The minimum Gasteiger partial charge on any atom is -0.348 e. The third-order valence-corrected chi connectivity index (χ3v) is 3.62. The van der Waals surface area contributed by atoms with Crippen molar-refractivity contribution in [3.05, 3.63) is 77.1 Å². The smallest absolute Gasteiger partial charge is 0.254 e. The summed E-state index contributed by atoms with van der Waals surface area (Å²) in [6, 6.07) is 15.6. The highest BCUT2D eigenvalue weighted by Gasteiger charge is 2.09. The second-order valence-corrected chi connectivity index (χ2v) is 5.27. The Labute approximate surface area is 133 Å². The fourth-order valence-electron chi connectivity index (χ4n) is 2.24. The van der Waals surface area contributed by atoms with E-state index in [0.29, 0.717) is 17.1 Å². The molecule has 2 aromatic carbocycles. The minimum atomic E-state index is -0.153. The summed E-state index contributed by atoms with van der Waals surface area (Å²) in [6.45, 7) is 0.447. The Balaban J connectivity index is 1.80. The second-order valence-electron chi connectivity index (χ2n) is 4.83. The summed E-state index contributed by atoms with van der Waals surface area (Å²) >= 11 is 5.93. The number of hydrogen-bond acceptors (Lipinski definition) is 2. The largest absolute Gasteiger partial charge is 0.348 e. The number of aromatic amines is 1. The fraction of sp³-hybridized carbons (Fsp3) is 0.0588. The molecule has 0 aliphatic rings. The second kappa shape index (κ2) is 6.45. The number of H-pyrrole nitrogens is 1. The highest BCUT2D eigenvalue weighted by molar-refractivity contribution is 6.30. The number of carbonyl (C=O) groups is 1. The van der Waals surface area contributed by atoms with Gasteiger partial charge in [-0.05, 0) is 28.8 Å². The molecule has 0 saturated carbocycles. The van der Waals surface area contributed by atoms with E-state index in [9.17, 15) is 4.79 Å². The number of aromatic nitrogens is 2. The maximum Gasteiger partial charge on any atom is 0.254 e. The van der Waals surface area contributed by atoms with Gasteiger partial charge in [0.1, 0.15) is 0 Å². The van der Waals surface area contributed by atoms with Crippen LogP contribution in [0.3, 0.4) is 0 Å². The van der Waals surface area contributed by atoms with Crippen molar-refractivity contribution >= 4 is 17.5 Å². The number of rotatable bonds is 4. The zero-order valence-electron chi connectivity index (χ0n) is 11.7. The molecule has 0 spiro atoms.